The summed E-state index contributed by atoms with van der Waals surface area (Å²) >= 11 is 0. The predicted octanol–water partition coefficient (Wildman–Crippen LogP) is -0.386. The first-order valence-corrected chi connectivity index (χ1v) is 6.78. The SMILES string of the molecule is NCCn1cc(C(=O)N(CCO)C2CCCC2)nn1. The zero-order valence-corrected chi connectivity index (χ0v) is 11.0. The first-order chi connectivity index (χ1) is 9.26. The molecule has 19 heavy (non-hydrogen) atoms. The number of aliphatic hydroxyl groups excluding tert-OH is 1. The first-order valence-electron chi connectivity index (χ1n) is 6.78. The Hall–Kier alpha value is -1.47. The molecule has 106 valence electrons. The van der Waals surface area contributed by atoms with Crippen LogP contribution in [0.5, 0.6) is 0 Å². The molecule has 2 rings (SSSR count). The normalized spacial score (nSPS) is 15.9. The highest BCUT2D eigenvalue weighted by atomic mass is 16.3. The number of nitrogens with two attached hydrogens (primary N) is 1. The number of aliphatic hydroxyl groups is 1. The van der Waals surface area contributed by atoms with E-state index in [-0.39, 0.29) is 18.6 Å². The molecule has 1 aromatic rings. The van der Waals surface area contributed by atoms with Crippen molar-refractivity contribution in [1.29, 1.82) is 0 Å². The smallest absolute Gasteiger partial charge is 0.276 e. The molecule has 7 nitrogen and oxygen atoms in total. The van der Waals surface area contributed by atoms with Crippen LogP contribution in [-0.2, 0) is 6.54 Å². The summed E-state index contributed by atoms with van der Waals surface area (Å²) in [6, 6.07) is 0.222. The summed E-state index contributed by atoms with van der Waals surface area (Å²) in [6.45, 7) is 1.33. The van der Waals surface area contributed by atoms with Crippen LogP contribution in [0.2, 0.25) is 0 Å². The molecule has 1 aromatic heterocycles. The first kappa shape index (κ1) is 14.0. The van der Waals surface area contributed by atoms with Crippen molar-refractivity contribution in [3.05, 3.63) is 11.9 Å². The van der Waals surface area contributed by atoms with Crippen LogP contribution < -0.4 is 5.73 Å². The lowest BCUT2D eigenvalue weighted by molar-refractivity contribution is 0.0632. The third-order valence-corrected chi connectivity index (χ3v) is 3.48. The lowest BCUT2D eigenvalue weighted by Crippen LogP contribution is -2.40. The van der Waals surface area contributed by atoms with Gasteiger partial charge in [0.05, 0.1) is 19.3 Å². The van der Waals surface area contributed by atoms with Gasteiger partial charge in [-0.2, -0.15) is 0 Å². The molecule has 1 amide bonds. The number of hydrogen-bond donors (Lipinski definition) is 2. The molecule has 0 atom stereocenters. The highest BCUT2D eigenvalue weighted by Gasteiger charge is 2.28. The van der Waals surface area contributed by atoms with Crippen LogP contribution in [0.1, 0.15) is 36.2 Å². The second-order valence-corrected chi connectivity index (χ2v) is 4.82. The van der Waals surface area contributed by atoms with E-state index in [4.69, 9.17) is 10.8 Å². The average Bonchev–Trinajstić information content (AvgIpc) is 3.06. The van der Waals surface area contributed by atoms with E-state index in [0.29, 0.717) is 25.3 Å². The lowest BCUT2D eigenvalue weighted by Gasteiger charge is -2.27. The number of hydrogen-bond acceptors (Lipinski definition) is 5. The van der Waals surface area contributed by atoms with Crippen molar-refractivity contribution in [1.82, 2.24) is 19.9 Å². The Labute approximate surface area is 112 Å². The molecule has 7 heteroatoms. The molecule has 0 bridgehead atoms. The van der Waals surface area contributed by atoms with Gasteiger partial charge in [0.1, 0.15) is 0 Å². The van der Waals surface area contributed by atoms with Crippen molar-refractivity contribution in [3.8, 4) is 0 Å². The minimum absolute atomic E-state index is 0.0286. The molecule has 0 saturated heterocycles. The van der Waals surface area contributed by atoms with E-state index in [0.717, 1.165) is 25.7 Å². The minimum Gasteiger partial charge on any atom is -0.395 e. The molecular formula is C12H21N5O2. The summed E-state index contributed by atoms with van der Waals surface area (Å²) in [7, 11) is 0. The largest absolute Gasteiger partial charge is 0.395 e. The Morgan fingerprint density at radius 3 is 2.89 bits per heavy atom. The van der Waals surface area contributed by atoms with Crippen LogP contribution in [0.25, 0.3) is 0 Å². The second-order valence-electron chi connectivity index (χ2n) is 4.82. The average molecular weight is 267 g/mol. The van der Waals surface area contributed by atoms with Crippen molar-refractivity contribution in [2.45, 2.75) is 38.3 Å². The highest BCUT2D eigenvalue weighted by Crippen LogP contribution is 2.24. The number of carbonyl (C=O) groups is 1. The Morgan fingerprint density at radius 2 is 2.26 bits per heavy atom. The van der Waals surface area contributed by atoms with Gasteiger partial charge >= 0.3 is 0 Å². The molecule has 0 radical (unpaired) electrons. The van der Waals surface area contributed by atoms with E-state index in [1.54, 1.807) is 15.8 Å². The van der Waals surface area contributed by atoms with Crippen molar-refractivity contribution < 1.29 is 9.90 Å². The molecule has 1 aliphatic carbocycles. The van der Waals surface area contributed by atoms with E-state index in [1.165, 1.54) is 0 Å². The Bertz CT molecular complexity index is 414. The zero-order chi connectivity index (χ0) is 13.7. The van der Waals surface area contributed by atoms with Gasteiger partial charge in [-0.3, -0.25) is 9.48 Å². The van der Waals surface area contributed by atoms with Gasteiger partial charge in [-0.05, 0) is 12.8 Å². The molecule has 0 unspecified atom stereocenters. The van der Waals surface area contributed by atoms with E-state index in [1.807, 2.05) is 0 Å². The van der Waals surface area contributed by atoms with Crippen LogP contribution in [-0.4, -0.2) is 56.6 Å². The van der Waals surface area contributed by atoms with Crippen molar-refractivity contribution in [2.75, 3.05) is 19.7 Å². The predicted molar refractivity (Wildman–Crippen MR) is 69.5 cm³/mol. The number of carbonyl (C=O) groups excluding carboxylic acids is 1. The molecule has 0 aliphatic heterocycles. The fraction of sp³-hybridized carbons (Fsp3) is 0.750. The van der Waals surface area contributed by atoms with E-state index >= 15 is 0 Å². The van der Waals surface area contributed by atoms with Gasteiger partial charge in [0.25, 0.3) is 5.91 Å². The Kier molecular flexibility index (Phi) is 4.86. The maximum Gasteiger partial charge on any atom is 0.276 e. The summed E-state index contributed by atoms with van der Waals surface area (Å²) in [6.07, 6.45) is 5.90. The van der Waals surface area contributed by atoms with E-state index in [9.17, 15) is 4.79 Å². The quantitative estimate of drug-likeness (QED) is 0.732. The third-order valence-electron chi connectivity index (χ3n) is 3.48. The molecule has 1 aliphatic rings. The standard InChI is InChI=1S/C12H21N5O2/c13-5-6-16-9-11(14-15-16)12(19)17(7-8-18)10-3-1-2-4-10/h9-10,18H,1-8,13H2. The zero-order valence-electron chi connectivity index (χ0n) is 11.0. The van der Waals surface area contributed by atoms with Gasteiger partial charge in [-0.15, -0.1) is 5.10 Å². The van der Waals surface area contributed by atoms with Crippen LogP contribution in [0.3, 0.4) is 0 Å². The van der Waals surface area contributed by atoms with Gasteiger partial charge < -0.3 is 15.7 Å². The molecule has 1 heterocycles. The molecule has 0 aromatic carbocycles. The minimum atomic E-state index is -0.149. The van der Waals surface area contributed by atoms with Crippen molar-refractivity contribution >= 4 is 5.91 Å². The fourth-order valence-corrected chi connectivity index (χ4v) is 2.56. The van der Waals surface area contributed by atoms with Crippen LogP contribution in [0, 0.1) is 0 Å². The third kappa shape index (κ3) is 3.30. The monoisotopic (exact) mass is 267 g/mol. The van der Waals surface area contributed by atoms with Crippen LogP contribution >= 0.6 is 0 Å². The van der Waals surface area contributed by atoms with Crippen LogP contribution in [0.4, 0.5) is 0 Å². The maximum atomic E-state index is 12.4. The molecule has 1 saturated carbocycles. The topological polar surface area (TPSA) is 97.3 Å². The molecular weight excluding hydrogens is 246 g/mol. The summed E-state index contributed by atoms with van der Waals surface area (Å²) in [5.41, 5.74) is 5.76. The van der Waals surface area contributed by atoms with Gasteiger partial charge in [-0.1, -0.05) is 18.1 Å². The summed E-state index contributed by atoms with van der Waals surface area (Å²) in [5, 5.41) is 16.9. The van der Waals surface area contributed by atoms with E-state index < -0.39 is 0 Å². The van der Waals surface area contributed by atoms with Gasteiger partial charge in [-0.25, -0.2) is 0 Å². The molecule has 3 N–H and O–H groups in total. The Balaban J connectivity index is 2.08. The number of nitrogens with zero attached hydrogens (tertiary/aromatic N) is 4. The number of aromatic nitrogens is 3. The maximum absolute atomic E-state index is 12.4. The molecule has 1 fully saturated rings. The van der Waals surface area contributed by atoms with Crippen LogP contribution in [0.15, 0.2) is 6.20 Å². The van der Waals surface area contributed by atoms with E-state index in [2.05, 4.69) is 10.3 Å². The summed E-state index contributed by atoms with van der Waals surface area (Å²) < 4.78 is 1.57. The summed E-state index contributed by atoms with van der Waals surface area (Å²) in [5.74, 6) is -0.149. The van der Waals surface area contributed by atoms with Gasteiger partial charge in [0, 0.05) is 19.1 Å². The second kappa shape index (κ2) is 6.63. The molecule has 0 spiro atoms. The fourth-order valence-electron chi connectivity index (χ4n) is 2.56. The van der Waals surface area contributed by atoms with Crippen molar-refractivity contribution in [2.24, 2.45) is 5.73 Å². The van der Waals surface area contributed by atoms with Crippen molar-refractivity contribution in [3.63, 3.8) is 0 Å². The highest BCUT2D eigenvalue weighted by molar-refractivity contribution is 5.92. The van der Waals surface area contributed by atoms with Gasteiger partial charge in [0.2, 0.25) is 0 Å². The number of rotatable bonds is 6. The lowest BCUT2D eigenvalue weighted by atomic mass is 10.2. The summed E-state index contributed by atoms with van der Waals surface area (Å²) in [4.78, 5) is 14.1. The number of amides is 1. The Morgan fingerprint density at radius 1 is 1.53 bits per heavy atom. The van der Waals surface area contributed by atoms with Gasteiger partial charge in [0.15, 0.2) is 5.69 Å².